The van der Waals surface area contributed by atoms with Gasteiger partial charge in [0.25, 0.3) is 0 Å². The molecule has 3 rings (SSSR count). The van der Waals surface area contributed by atoms with Crippen LogP contribution >= 0.6 is 11.8 Å². The van der Waals surface area contributed by atoms with Gasteiger partial charge in [-0.25, -0.2) is 4.79 Å². The molecule has 1 aromatic carbocycles. The SMILES string of the molecule is O=C(CC1CSCCN1)NCCn1c(=O)[nH]c2ccccc21. The van der Waals surface area contributed by atoms with Gasteiger partial charge in [-0.2, -0.15) is 11.8 Å². The van der Waals surface area contributed by atoms with Crippen LogP contribution in [0.4, 0.5) is 0 Å². The monoisotopic (exact) mass is 320 g/mol. The Morgan fingerprint density at radius 3 is 3.09 bits per heavy atom. The number of nitrogens with zero attached hydrogens (tertiary/aromatic N) is 1. The van der Waals surface area contributed by atoms with Gasteiger partial charge in [0.2, 0.25) is 5.91 Å². The molecule has 1 aliphatic rings. The lowest BCUT2D eigenvalue weighted by atomic mass is 10.2. The second kappa shape index (κ2) is 7.02. The number of para-hydroxylation sites is 2. The maximum absolute atomic E-state index is 11.9. The van der Waals surface area contributed by atoms with Crippen molar-refractivity contribution < 1.29 is 4.79 Å². The summed E-state index contributed by atoms with van der Waals surface area (Å²) in [6.45, 7) is 1.90. The fraction of sp³-hybridized carbons (Fsp3) is 0.467. The van der Waals surface area contributed by atoms with Gasteiger partial charge in [-0.05, 0) is 12.1 Å². The zero-order chi connectivity index (χ0) is 15.4. The predicted octanol–water partition coefficient (Wildman–Crippen LogP) is 0.541. The molecule has 1 aromatic heterocycles. The van der Waals surface area contributed by atoms with Crippen LogP contribution in [0.2, 0.25) is 0 Å². The Kier molecular flexibility index (Phi) is 4.84. The average Bonchev–Trinajstić information content (AvgIpc) is 2.84. The number of aromatic amines is 1. The Morgan fingerprint density at radius 1 is 1.41 bits per heavy atom. The Labute approximate surface area is 132 Å². The van der Waals surface area contributed by atoms with E-state index in [0.29, 0.717) is 19.5 Å². The highest BCUT2D eigenvalue weighted by atomic mass is 32.2. The molecule has 0 radical (unpaired) electrons. The lowest BCUT2D eigenvalue weighted by molar-refractivity contribution is -0.121. The van der Waals surface area contributed by atoms with Crippen LogP contribution in [0.15, 0.2) is 29.1 Å². The third-order valence-corrected chi connectivity index (χ3v) is 4.90. The summed E-state index contributed by atoms with van der Waals surface area (Å²) in [4.78, 5) is 26.7. The van der Waals surface area contributed by atoms with Gasteiger partial charge in [0, 0.05) is 43.6 Å². The maximum atomic E-state index is 11.9. The first-order valence-electron chi connectivity index (χ1n) is 7.49. The number of H-pyrrole nitrogens is 1. The van der Waals surface area contributed by atoms with Crippen LogP contribution in [0.1, 0.15) is 6.42 Å². The number of imidazole rings is 1. The van der Waals surface area contributed by atoms with E-state index < -0.39 is 0 Å². The van der Waals surface area contributed by atoms with Gasteiger partial charge in [-0.1, -0.05) is 12.1 Å². The number of carbonyl (C=O) groups is 1. The first-order chi connectivity index (χ1) is 10.7. The van der Waals surface area contributed by atoms with E-state index in [1.807, 2.05) is 36.0 Å². The number of fused-ring (bicyclic) bond motifs is 1. The molecule has 1 atom stereocenters. The van der Waals surface area contributed by atoms with Crippen molar-refractivity contribution in [1.29, 1.82) is 0 Å². The smallest absolute Gasteiger partial charge is 0.326 e. The first-order valence-corrected chi connectivity index (χ1v) is 8.65. The van der Waals surface area contributed by atoms with E-state index in [4.69, 9.17) is 0 Å². The molecule has 3 N–H and O–H groups in total. The summed E-state index contributed by atoms with van der Waals surface area (Å²) in [5.74, 6) is 2.13. The van der Waals surface area contributed by atoms with Crippen LogP contribution < -0.4 is 16.3 Å². The Hall–Kier alpha value is -1.73. The van der Waals surface area contributed by atoms with Crippen LogP contribution in [0, 0.1) is 0 Å². The van der Waals surface area contributed by atoms with Crippen molar-refractivity contribution in [2.45, 2.75) is 19.0 Å². The van der Waals surface area contributed by atoms with Gasteiger partial charge in [-0.3, -0.25) is 9.36 Å². The number of rotatable bonds is 5. The fourth-order valence-corrected chi connectivity index (χ4v) is 3.63. The largest absolute Gasteiger partial charge is 0.354 e. The second-order valence-corrected chi connectivity index (χ2v) is 6.53. The van der Waals surface area contributed by atoms with Gasteiger partial charge >= 0.3 is 5.69 Å². The molecular weight excluding hydrogens is 300 g/mol. The van der Waals surface area contributed by atoms with Crippen LogP contribution in [0.3, 0.4) is 0 Å². The maximum Gasteiger partial charge on any atom is 0.326 e. The molecule has 1 aliphatic heterocycles. The number of carbonyl (C=O) groups excluding carboxylic acids is 1. The molecule has 2 heterocycles. The van der Waals surface area contributed by atoms with E-state index >= 15 is 0 Å². The molecule has 0 aliphatic carbocycles. The molecule has 0 bridgehead atoms. The van der Waals surface area contributed by atoms with Crippen LogP contribution in [-0.2, 0) is 11.3 Å². The van der Waals surface area contributed by atoms with E-state index in [2.05, 4.69) is 15.6 Å². The normalized spacial score (nSPS) is 18.5. The van der Waals surface area contributed by atoms with E-state index in [1.165, 1.54) is 0 Å². The van der Waals surface area contributed by atoms with Gasteiger partial charge in [-0.15, -0.1) is 0 Å². The molecule has 118 valence electrons. The number of hydrogen-bond donors (Lipinski definition) is 3. The Morgan fingerprint density at radius 2 is 2.27 bits per heavy atom. The van der Waals surface area contributed by atoms with Crippen LogP contribution in [0.25, 0.3) is 11.0 Å². The highest BCUT2D eigenvalue weighted by Crippen LogP contribution is 2.10. The summed E-state index contributed by atoms with van der Waals surface area (Å²) >= 11 is 1.88. The summed E-state index contributed by atoms with van der Waals surface area (Å²) in [5, 5.41) is 6.24. The fourth-order valence-electron chi connectivity index (χ4n) is 2.68. The van der Waals surface area contributed by atoms with Gasteiger partial charge < -0.3 is 15.6 Å². The average molecular weight is 320 g/mol. The molecule has 0 saturated carbocycles. The van der Waals surface area contributed by atoms with Gasteiger partial charge in [0.1, 0.15) is 0 Å². The number of thioether (sulfide) groups is 1. The van der Waals surface area contributed by atoms with E-state index in [1.54, 1.807) is 4.57 Å². The topological polar surface area (TPSA) is 78.9 Å². The number of nitrogens with one attached hydrogen (secondary N) is 3. The molecule has 0 spiro atoms. The number of amides is 1. The highest BCUT2D eigenvalue weighted by Gasteiger charge is 2.16. The van der Waals surface area contributed by atoms with E-state index in [-0.39, 0.29) is 17.6 Å². The standard InChI is InChI=1S/C15H20N4O2S/c20-14(9-11-10-22-8-6-16-11)17-5-7-19-13-4-2-1-3-12(13)18-15(19)21/h1-4,11,16H,5-10H2,(H,17,20)(H,18,21). The summed E-state index contributed by atoms with van der Waals surface area (Å²) in [6, 6.07) is 7.82. The Balaban J connectivity index is 1.52. The van der Waals surface area contributed by atoms with Crippen molar-refractivity contribution in [1.82, 2.24) is 20.2 Å². The summed E-state index contributed by atoms with van der Waals surface area (Å²) in [6.07, 6.45) is 0.496. The molecule has 1 fully saturated rings. The molecule has 7 heteroatoms. The highest BCUT2D eigenvalue weighted by molar-refractivity contribution is 7.99. The predicted molar refractivity (Wildman–Crippen MR) is 89.3 cm³/mol. The number of benzene rings is 1. The quantitative estimate of drug-likeness (QED) is 0.751. The van der Waals surface area contributed by atoms with Crippen molar-refractivity contribution in [2.24, 2.45) is 0 Å². The summed E-state index contributed by atoms with van der Waals surface area (Å²) in [5.41, 5.74) is 1.55. The van der Waals surface area contributed by atoms with Crippen molar-refractivity contribution in [3.63, 3.8) is 0 Å². The molecular formula is C15H20N4O2S. The minimum Gasteiger partial charge on any atom is -0.354 e. The number of hydrogen-bond acceptors (Lipinski definition) is 4. The van der Waals surface area contributed by atoms with Crippen LogP contribution in [0.5, 0.6) is 0 Å². The minimum atomic E-state index is -0.138. The molecule has 1 amide bonds. The molecule has 1 saturated heterocycles. The molecule has 2 aromatic rings. The molecule has 1 unspecified atom stereocenters. The molecule has 22 heavy (non-hydrogen) atoms. The molecule has 6 nitrogen and oxygen atoms in total. The van der Waals surface area contributed by atoms with Crippen molar-refractivity contribution in [2.75, 3.05) is 24.6 Å². The lowest BCUT2D eigenvalue weighted by Gasteiger charge is -2.22. The zero-order valence-corrected chi connectivity index (χ0v) is 13.1. The van der Waals surface area contributed by atoms with Gasteiger partial charge in [0.15, 0.2) is 0 Å². The third kappa shape index (κ3) is 3.53. The second-order valence-electron chi connectivity index (χ2n) is 5.38. The lowest BCUT2D eigenvalue weighted by Crippen LogP contribution is -2.41. The van der Waals surface area contributed by atoms with Crippen molar-refractivity contribution in [3.05, 3.63) is 34.7 Å². The van der Waals surface area contributed by atoms with Crippen molar-refractivity contribution in [3.8, 4) is 0 Å². The summed E-state index contributed by atoms with van der Waals surface area (Å²) in [7, 11) is 0. The summed E-state index contributed by atoms with van der Waals surface area (Å²) < 4.78 is 1.66. The van der Waals surface area contributed by atoms with Crippen molar-refractivity contribution >= 4 is 28.7 Å². The number of aromatic nitrogens is 2. The zero-order valence-electron chi connectivity index (χ0n) is 12.3. The minimum absolute atomic E-state index is 0.0351. The van der Waals surface area contributed by atoms with E-state index in [9.17, 15) is 9.59 Å². The van der Waals surface area contributed by atoms with Gasteiger partial charge in [0.05, 0.1) is 11.0 Å². The Bertz CT molecular complexity index is 703. The van der Waals surface area contributed by atoms with E-state index in [0.717, 1.165) is 29.1 Å². The van der Waals surface area contributed by atoms with Crippen LogP contribution in [-0.4, -0.2) is 46.1 Å². The third-order valence-electron chi connectivity index (χ3n) is 3.77. The first kappa shape index (κ1) is 15.2.